The summed E-state index contributed by atoms with van der Waals surface area (Å²) in [6, 6.07) is 4.76. The van der Waals surface area contributed by atoms with Crippen LogP contribution in [0.5, 0.6) is 0 Å². The van der Waals surface area contributed by atoms with E-state index in [0.29, 0.717) is 10.3 Å². The highest BCUT2D eigenvalue weighted by molar-refractivity contribution is 7.71. The number of hydrogen-bond donors (Lipinski definition) is 3. The van der Waals surface area contributed by atoms with Crippen LogP contribution < -0.4 is 0 Å². The van der Waals surface area contributed by atoms with E-state index in [1.807, 2.05) is 13.8 Å². The predicted octanol–water partition coefficient (Wildman–Crippen LogP) is 2.95. The lowest BCUT2D eigenvalue weighted by molar-refractivity contribution is 0.0697. The summed E-state index contributed by atoms with van der Waals surface area (Å²) in [7, 11) is 0. The van der Waals surface area contributed by atoms with E-state index in [0.717, 1.165) is 5.52 Å². The van der Waals surface area contributed by atoms with Gasteiger partial charge in [0.25, 0.3) is 0 Å². The Morgan fingerprint density at radius 2 is 1.87 bits per heavy atom. The summed E-state index contributed by atoms with van der Waals surface area (Å²) in [5.41, 5.74) is 1.78. The van der Waals surface area contributed by atoms with Crippen molar-refractivity contribution in [1.82, 2.24) is 9.97 Å². The van der Waals surface area contributed by atoms with E-state index in [2.05, 4.69) is 9.97 Å². The number of carboxylic acid groups (broad SMARTS) is 1. The number of aromatic amines is 2. The van der Waals surface area contributed by atoms with Gasteiger partial charge in [0.2, 0.25) is 0 Å². The molecule has 0 aliphatic rings. The normalized spacial score (nSPS) is 9.47. The molecule has 2 aromatic rings. The average Bonchev–Trinajstić information content (AvgIpc) is 2.59. The fourth-order valence-electron chi connectivity index (χ4n) is 1.17. The molecular weight excluding hydrogens is 212 g/mol. The summed E-state index contributed by atoms with van der Waals surface area (Å²) in [4.78, 5) is 16.3. The second-order valence-electron chi connectivity index (χ2n) is 2.64. The smallest absolute Gasteiger partial charge is 0.335 e. The van der Waals surface area contributed by atoms with Gasteiger partial charge >= 0.3 is 5.97 Å². The summed E-state index contributed by atoms with van der Waals surface area (Å²) < 4.78 is 0.498. The highest BCUT2D eigenvalue weighted by Crippen LogP contribution is 2.11. The van der Waals surface area contributed by atoms with Crippen LogP contribution >= 0.6 is 12.2 Å². The summed E-state index contributed by atoms with van der Waals surface area (Å²) in [6.07, 6.45) is 0. The Kier molecular flexibility index (Phi) is 3.62. The van der Waals surface area contributed by atoms with Gasteiger partial charge in [0.15, 0.2) is 4.77 Å². The van der Waals surface area contributed by atoms with E-state index >= 15 is 0 Å². The molecule has 0 bridgehead atoms. The molecule has 0 unspecified atom stereocenters. The van der Waals surface area contributed by atoms with Gasteiger partial charge in [0, 0.05) is 0 Å². The van der Waals surface area contributed by atoms with Crippen LogP contribution in [0, 0.1) is 4.77 Å². The largest absolute Gasteiger partial charge is 0.478 e. The number of carbonyl (C=O) groups is 1. The number of nitrogens with one attached hydrogen (secondary N) is 2. The Morgan fingerprint density at radius 1 is 1.27 bits per heavy atom. The molecule has 0 aliphatic carbocycles. The highest BCUT2D eigenvalue weighted by Gasteiger charge is 2.03. The van der Waals surface area contributed by atoms with Crippen LogP contribution in [0.2, 0.25) is 0 Å². The molecule has 0 spiro atoms. The Labute approximate surface area is 92.0 Å². The van der Waals surface area contributed by atoms with Crippen LogP contribution in [0.4, 0.5) is 0 Å². The van der Waals surface area contributed by atoms with E-state index in [1.54, 1.807) is 12.1 Å². The van der Waals surface area contributed by atoms with Crippen LogP contribution in [0.25, 0.3) is 11.0 Å². The molecule has 15 heavy (non-hydrogen) atoms. The van der Waals surface area contributed by atoms with Crippen LogP contribution in [0.15, 0.2) is 18.2 Å². The molecule has 80 valence electrons. The molecule has 0 fully saturated rings. The maximum absolute atomic E-state index is 10.6. The molecule has 1 aromatic carbocycles. The number of imidazole rings is 1. The number of carboxylic acids is 1. The van der Waals surface area contributed by atoms with Crippen molar-refractivity contribution >= 4 is 29.2 Å². The second-order valence-corrected chi connectivity index (χ2v) is 3.05. The molecule has 0 aliphatic heterocycles. The molecule has 4 nitrogen and oxygen atoms in total. The minimum absolute atomic E-state index is 0.248. The average molecular weight is 224 g/mol. The molecule has 0 atom stereocenters. The Bertz CT molecular complexity index is 527. The first-order valence-electron chi connectivity index (χ1n) is 4.62. The topological polar surface area (TPSA) is 68.9 Å². The zero-order chi connectivity index (χ0) is 11.4. The van der Waals surface area contributed by atoms with Gasteiger partial charge in [-0.3, -0.25) is 0 Å². The SMILES string of the molecule is CC.O=C(O)c1ccc2[nH]c(=S)[nH]c2c1. The van der Waals surface area contributed by atoms with Crippen LogP contribution in [0.3, 0.4) is 0 Å². The van der Waals surface area contributed by atoms with E-state index in [9.17, 15) is 4.79 Å². The Balaban J connectivity index is 0.000000531. The molecular formula is C10H12N2O2S. The van der Waals surface area contributed by atoms with Gasteiger partial charge in [0.1, 0.15) is 0 Å². The van der Waals surface area contributed by atoms with E-state index in [-0.39, 0.29) is 5.56 Å². The molecule has 2 rings (SSSR count). The van der Waals surface area contributed by atoms with E-state index in [1.165, 1.54) is 6.07 Å². The Hall–Kier alpha value is -1.62. The molecule has 1 aromatic heterocycles. The third-order valence-electron chi connectivity index (χ3n) is 1.76. The molecule has 1 heterocycles. The lowest BCUT2D eigenvalue weighted by atomic mass is 10.2. The predicted molar refractivity (Wildman–Crippen MR) is 61.8 cm³/mol. The highest BCUT2D eigenvalue weighted by atomic mass is 32.1. The number of hydrogen-bond acceptors (Lipinski definition) is 2. The summed E-state index contributed by atoms with van der Waals surface area (Å²) in [5, 5.41) is 8.70. The maximum Gasteiger partial charge on any atom is 0.335 e. The monoisotopic (exact) mass is 224 g/mol. The van der Waals surface area contributed by atoms with Gasteiger partial charge in [-0.25, -0.2) is 4.79 Å². The minimum atomic E-state index is -0.942. The van der Waals surface area contributed by atoms with Crippen molar-refractivity contribution in [3.63, 3.8) is 0 Å². The van der Waals surface area contributed by atoms with Gasteiger partial charge in [-0.1, -0.05) is 13.8 Å². The van der Waals surface area contributed by atoms with Gasteiger partial charge < -0.3 is 15.1 Å². The Morgan fingerprint density at radius 3 is 2.47 bits per heavy atom. The molecule has 0 radical (unpaired) electrons. The van der Waals surface area contributed by atoms with Gasteiger partial charge in [-0.05, 0) is 30.4 Å². The molecule has 0 saturated carbocycles. The summed E-state index contributed by atoms with van der Waals surface area (Å²) in [6.45, 7) is 4.00. The lowest BCUT2D eigenvalue weighted by Gasteiger charge is -1.92. The molecule has 3 N–H and O–H groups in total. The third kappa shape index (κ3) is 2.44. The standard InChI is InChI=1S/C8H6N2O2S.C2H6/c11-7(12)4-1-2-5-6(3-4)10-8(13)9-5;1-2/h1-3H,(H,11,12)(H2,9,10,13);1-2H3. The van der Waals surface area contributed by atoms with Crippen molar-refractivity contribution in [1.29, 1.82) is 0 Å². The number of aromatic carboxylic acids is 1. The number of rotatable bonds is 1. The van der Waals surface area contributed by atoms with Crippen molar-refractivity contribution in [3.8, 4) is 0 Å². The van der Waals surface area contributed by atoms with Gasteiger partial charge in [0.05, 0.1) is 16.6 Å². The van der Waals surface area contributed by atoms with Crippen LogP contribution in [-0.2, 0) is 0 Å². The third-order valence-corrected chi connectivity index (χ3v) is 1.97. The van der Waals surface area contributed by atoms with Crippen molar-refractivity contribution in [2.75, 3.05) is 0 Å². The van der Waals surface area contributed by atoms with Gasteiger partial charge in [-0.15, -0.1) is 0 Å². The van der Waals surface area contributed by atoms with E-state index < -0.39 is 5.97 Å². The number of fused-ring (bicyclic) bond motifs is 1. The molecule has 0 saturated heterocycles. The minimum Gasteiger partial charge on any atom is -0.478 e. The van der Waals surface area contributed by atoms with Gasteiger partial charge in [-0.2, -0.15) is 0 Å². The molecule has 0 amide bonds. The zero-order valence-electron chi connectivity index (χ0n) is 8.50. The second kappa shape index (κ2) is 4.75. The maximum atomic E-state index is 10.6. The number of benzene rings is 1. The van der Waals surface area contributed by atoms with E-state index in [4.69, 9.17) is 17.3 Å². The summed E-state index contributed by atoms with van der Waals surface area (Å²) in [5.74, 6) is -0.942. The number of aromatic nitrogens is 2. The van der Waals surface area contributed by atoms with Crippen molar-refractivity contribution in [2.45, 2.75) is 13.8 Å². The van der Waals surface area contributed by atoms with Crippen molar-refractivity contribution < 1.29 is 9.90 Å². The lowest BCUT2D eigenvalue weighted by Crippen LogP contribution is -1.94. The fraction of sp³-hybridized carbons (Fsp3) is 0.200. The van der Waals surface area contributed by atoms with Crippen molar-refractivity contribution in [2.24, 2.45) is 0 Å². The van der Waals surface area contributed by atoms with Crippen molar-refractivity contribution in [3.05, 3.63) is 28.5 Å². The summed E-state index contributed by atoms with van der Waals surface area (Å²) >= 11 is 4.86. The fourth-order valence-corrected chi connectivity index (χ4v) is 1.39. The van der Waals surface area contributed by atoms with Crippen LogP contribution in [0.1, 0.15) is 24.2 Å². The first-order chi connectivity index (χ1) is 7.16. The molecule has 5 heteroatoms. The number of H-pyrrole nitrogens is 2. The zero-order valence-corrected chi connectivity index (χ0v) is 9.31. The first-order valence-corrected chi connectivity index (χ1v) is 5.03. The first kappa shape index (κ1) is 11.5. The quantitative estimate of drug-likeness (QED) is 0.652. The van der Waals surface area contributed by atoms with Crippen LogP contribution in [-0.4, -0.2) is 21.0 Å².